The van der Waals surface area contributed by atoms with Crippen LogP contribution in [0.25, 0.3) is 0 Å². The van der Waals surface area contributed by atoms with Gasteiger partial charge in [0.2, 0.25) is 0 Å². The molecule has 20 nitrogen and oxygen atoms in total. The Bertz CT molecular complexity index is 1890. The molecule has 71 heavy (non-hydrogen) atoms. The molecule has 0 radical (unpaired) electrons. The zero-order valence-corrected chi connectivity index (χ0v) is 42.1. The molecule has 6 heterocycles. The average Bonchev–Trinajstić information content (AvgIpc) is 3.79. The number of aliphatic hydroxyl groups is 10. The number of ether oxygens (including phenoxy) is 10. The molecule has 0 amide bonds. The fraction of sp³-hybridized carbons (Fsp3) is 0.961. The van der Waals surface area contributed by atoms with Gasteiger partial charge in [-0.05, 0) is 113 Å². The molecule has 0 aromatic rings. The Morgan fingerprint density at radius 2 is 1.20 bits per heavy atom. The van der Waals surface area contributed by atoms with E-state index in [2.05, 4.69) is 33.8 Å². The van der Waals surface area contributed by atoms with Crippen molar-refractivity contribution in [2.24, 2.45) is 46.3 Å². The second kappa shape index (κ2) is 20.1. The van der Waals surface area contributed by atoms with E-state index in [1.807, 2.05) is 0 Å². The van der Waals surface area contributed by atoms with Gasteiger partial charge in [-0.3, -0.25) is 0 Å². The lowest BCUT2D eigenvalue weighted by Gasteiger charge is -2.59. The van der Waals surface area contributed by atoms with Crippen LogP contribution in [0, 0.1) is 46.3 Å². The lowest BCUT2D eigenvalue weighted by molar-refractivity contribution is -0.394. The van der Waals surface area contributed by atoms with Crippen LogP contribution in [0.1, 0.15) is 106 Å². The van der Waals surface area contributed by atoms with Gasteiger partial charge in [-0.1, -0.05) is 39.3 Å². The highest BCUT2D eigenvalue weighted by Crippen LogP contribution is 2.71. The van der Waals surface area contributed by atoms with Crippen LogP contribution in [0.5, 0.6) is 0 Å². The average molecular weight is 1020 g/mol. The summed E-state index contributed by atoms with van der Waals surface area (Å²) in [6.45, 7) is 14.1. The van der Waals surface area contributed by atoms with Crippen LogP contribution in [0.15, 0.2) is 11.6 Å². The number of hydrogen-bond donors (Lipinski definition) is 10. The predicted molar refractivity (Wildman–Crippen MR) is 244 cm³/mol. The fourth-order valence-corrected chi connectivity index (χ4v) is 15.4. The molecule has 1 spiro atoms. The summed E-state index contributed by atoms with van der Waals surface area (Å²) in [7, 11) is 0. The first kappa shape index (κ1) is 53.3. The fourth-order valence-electron chi connectivity index (χ4n) is 15.4. The molecule has 20 heteroatoms. The quantitative estimate of drug-likeness (QED) is 0.137. The highest BCUT2D eigenvalue weighted by molar-refractivity contribution is 5.26. The maximum atomic E-state index is 12.2. The molecule has 0 aromatic heterocycles. The van der Waals surface area contributed by atoms with Crippen molar-refractivity contribution in [2.45, 2.75) is 247 Å². The van der Waals surface area contributed by atoms with Crippen LogP contribution in [0.2, 0.25) is 0 Å². The summed E-state index contributed by atoms with van der Waals surface area (Å²) in [5.74, 6) is 2.46. The Balaban J connectivity index is 0.836. The summed E-state index contributed by atoms with van der Waals surface area (Å²) in [5.41, 5.74) is 1.44. The molecular formula is C51H82O20. The molecule has 3 saturated carbocycles. The monoisotopic (exact) mass is 1010 g/mol. The molecule has 6 saturated heterocycles. The summed E-state index contributed by atoms with van der Waals surface area (Å²) in [5, 5.41) is 109. The lowest BCUT2D eigenvalue weighted by atomic mass is 9.47. The van der Waals surface area contributed by atoms with Crippen molar-refractivity contribution in [1.82, 2.24) is 0 Å². The molecule has 0 bridgehead atoms. The third-order valence-electron chi connectivity index (χ3n) is 19.7. The summed E-state index contributed by atoms with van der Waals surface area (Å²) < 4.78 is 62.2. The van der Waals surface area contributed by atoms with Gasteiger partial charge in [0.1, 0.15) is 79.4 Å². The topological polar surface area (TPSA) is 295 Å². The second-order valence-corrected chi connectivity index (χ2v) is 23.8. The first-order valence-electron chi connectivity index (χ1n) is 26.6. The van der Waals surface area contributed by atoms with Gasteiger partial charge in [0, 0.05) is 12.3 Å². The predicted octanol–water partition coefficient (Wildman–Crippen LogP) is 0.0935. The molecule has 406 valence electrons. The van der Waals surface area contributed by atoms with Crippen LogP contribution in [0.4, 0.5) is 0 Å². The number of aliphatic hydroxyl groups excluding tert-OH is 10. The molecule has 31 atom stereocenters. The van der Waals surface area contributed by atoms with E-state index >= 15 is 0 Å². The van der Waals surface area contributed by atoms with Crippen molar-refractivity contribution in [3.05, 3.63) is 11.6 Å². The smallest absolute Gasteiger partial charge is 0.187 e. The maximum Gasteiger partial charge on any atom is 0.187 e. The van der Waals surface area contributed by atoms with Gasteiger partial charge in [-0.15, -0.1) is 0 Å². The minimum absolute atomic E-state index is 0.0569. The minimum atomic E-state index is -1.85. The first-order valence-corrected chi connectivity index (χ1v) is 26.6. The van der Waals surface area contributed by atoms with Crippen molar-refractivity contribution in [3.8, 4) is 0 Å². The molecule has 10 aliphatic rings. The van der Waals surface area contributed by atoms with Gasteiger partial charge in [0.05, 0.1) is 43.7 Å². The molecule has 10 rings (SSSR count). The number of fused-ring (bicyclic) bond motifs is 7. The van der Waals surface area contributed by atoms with Crippen LogP contribution in [-0.4, -0.2) is 205 Å². The van der Waals surface area contributed by atoms with E-state index in [9.17, 15) is 51.1 Å². The normalized spacial score (nSPS) is 58.4. The minimum Gasteiger partial charge on any atom is -0.394 e. The van der Waals surface area contributed by atoms with E-state index < -0.39 is 141 Å². The SMILES string of the molecule is CC1OC(OC2C(C)OC(OC3C(CO)OC(O[C@@H]4CC[C@]5(C)C(=CCC6C7CC8O[C@@]9(CC[C@H](C)CO9)[C@H](C)C8[C@]7(C)CCC65)C4)C(OC4OC(C)C(O)C(O)C4O)C3O)C(O)C2O)C(O)C(O)C1O. The summed E-state index contributed by atoms with van der Waals surface area (Å²) >= 11 is 0. The Kier molecular flexibility index (Phi) is 15.1. The number of hydrogen-bond acceptors (Lipinski definition) is 20. The Morgan fingerprint density at radius 1 is 0.592 bits per heavy atom. The Morgan fingerprint density at radius 3 is 1.82 bits per heavy atom. The van der Waals surface area contributed by atoms with E-state index in [1.54, 1.807) is 0 Å². The summed E-state index contributed by atoms with van der Waals surface area (Å²) in [6, 6.07) is 0. The maximum absolute atomic E-state index is 12.2. The van der Waals surface area contributed by atoms with Crippen LogP contribution >= 0.6 is 0 Å². The first-order chi connectivity index (χ1) is 33.6. The standard InChI is InChI=1S/C51H82O20/c1-20-10-15-51(62-19-20)21(2)32-30(71-51)17-29-27-9-8-25-16-26(11-13-49(25,6)28(27)12-14-50(29,32)7)66-48-44(70-46-39(59)36(56)34(54)23(4)64-46)41(61)43(31(18-52)67-48)69-47-40(60)37(57)42(24(5)65-47)68-45-38(58)35(55)33(53)22(3)63-45/h8,20-24,26-48,52-61H,9-19H2,1-7H3/t20-,21+,22?,23?,24?,26+,27?,28?,29?,30?,31?,32?,33?,34?,35?,36?,37?,38?,39?,40?,41?,42?,43?,44?,45?,46?,47?,48?,49+,50+,51-/m0/s1. The largest absolute Gasteiger partial charge is 0.394 e. The van der Waals surface area contributed by atoms with E-state index in [4.69, 9.17) is 47.4 Å². The van der Waals surface area contributed by atoms with Gasteiger partial charge in [0.15, 0.2) is 30.9 Å². The van der Waals surface area contributed by atoms with Crippen molar-refractivity contribution in [1.29, 1.82) is 0 Å². The molecule has 0 aromatic carbocycles. The molecule has 9 fully saturated rings. The zero-order valence-electron chi connectivity index (χ0n) is 42.1. The zero-order chi connectivity index (χ0) is 50.8. The van der Waals surface area contributed by atoms with Gasteiger partial charge in [-0.25, -0.2) is 0 Å². The van der Waals surface area contributed by atoms with Gasteiger partial charge in [0.25, 0.3) is 0 Å². The van der Waals surface area contributed by atoms with Crippen LogP contribution in [-0.2, 0) is 47.4 Å². The third-order valence-corrected chi connectivity index (χ3v) is 19.7. The number of allylic oxidation sites excluding steroid dienone is 1. The van der Waals surface area contributed by atoms with Crippen LogP contribution in [0.3, 0.4) is 0 Å². The number of rotatable bonds is 9. The molecular weight excluding hydrogens is 933 g/mol. The Labute approximate surface area is 415 Å². The van der Waals surface area contributed by atoms with Gasteiger partial charge >= 0.3 is 0 Å². The van der Waals surface area contributed by atoms with E-state index in [0.29, 0.717) is 48.3 Å². The van der Waals surface area contributed by atoms with Crippen molar-refractivity contribution in [3.63, 3.8) is 0 Å². The van der Waals surface area contributed by atoms with Crippen LogP contribution < -0.4 is 0 Å². The lowest BCUT2D eigenvalue weighted by Crippen LogP contribution is -2.67. The van der Waals surface area contributed by atoms with Gasteiger partial charge in [-0.2, -0.15) is 0 Å². The van der Waals surface area contributed by atoms with E-state index in [1.165, 1.54) is 26.3 Å². The van der Waals surface area contributed by atoms with Crippen molar-refractivity contribution in [2.75, 3.05) is 13.2 Å². The van der Waals surface area contributed by atoms with Crippen molar-refractivity contribution < 1.29 is 98.4 Å². The molecule has 10 N–H and O–H groups in total. The molecule has 25 unspecified atom stereocenters. The summed E-state index contributed by atoms with van der Waals surface area (Å²) in [6.07, 6.45) is -19.0. The highest BCUT2D eigenvalue weighted by Gasteiger charge is 2.69. The van der Waals surface area contributed by atoms with E-state index in [0.717, 1.165) is 51.6 Å². The van der Waals surface area contributed by atoms with Crippen molar-refractivity contribution >= 4 is 0 Å². The molecule has 4 aliphatic carbocycles. The van der Waals surface area contributed by atoms with Gasteiger partial charge < -0.3 is 98.4 Å². The Hall–Kier alpha value is -1.06. The van der Waals surface area contributed by atoms with E-state index in [-0.39, 0.29) is 16.9 Å². The second-order valence-electron chi connectivity index (χ2n) is 23.8. The highest BCUT2D eigenvalue weighted by atomic mass is 16.8. The summed E-state index contributed by atoms with van der Waals surface area (Å²) in [4.78, 5) is 0. The molecule has 6 aliphatic heterocycles. The third kappa shape index (κ3) is 9.03.